The van der Waals surface area contributed by atoms with Crippen LogP contribution >= 0.6 is 0 Å². The Morgan fingerprint density at radius 1 is 1.33 bits per heavy atom. The van der Waals surface area contributed by atoms with E-state index in [-0.39, 0.29) is 5.78 Å². The molecule has 0 aliphatic heterocycles. The molecular weight excluding hydrogens is 224 g/mol. The average Bonchev–Trinajstić information content (AvgIpc) is 2.74. The van der Waals surface area contributed by atoms with E-state index in [1.54, 1.807) is 10.9 Å². The van der Waals surface area contributed by atoms with Crippen molar-refractivity contribution in [1.29, 1.82) is 0 Å². The van der Waals surface area contributed by atoms with Crippen LogP contribution in [0, 0.1) is 6.92 Å². The molecule has 0 fully saturated rings. The van der Waals surface area contributed by atoms with Gasteiger partial charge in [-0.25, -0.2) is 0 Å². The number of carbonyl (C=O) groups excluding carboxylic acids is 1. The number of aromatic nitrogens is 2. The maximum atomic E-state index is 11.9. The molecule has 94 valence electrons. The zero-order valence-electron chi connectivity index (χ0n) is 10.9. The largest absolute Gasteiger partial charge is 0.299 e. The molecule has 3 heteroatoms. The number of Topliss-reactive ketones (excluding diaryl/α,β-unsaturated/α-hetero) is 1. The minimum Gasteiger partial charge on any atom is -0.299 e. The molecule has 0 bridgehead atoms. The Morgan fingerprint density at radius 3 is 2.78 bits per heavy atom. The van der Waals surface area contributed by atoms with Gasteiger partial charge >= 0.3 is 0 Å². The monoisotopic (exact) mass is 242 g/mol. The molecule has 0 unspecified atom stereocenters. The fraction of sp³-hybridized carbons (Fsp3) is 0.333. The van der Waals surface area contributed by atoms with Crippen LogP contribution in [0.1, 0.15) is 23.1 Å². The van der Waals surface area contributed by atoms with Gasteiger partial charge in [0.05, 0.1) is 6.20 Å². The lowest BCUT2D eigenvalue weighted by Gasteiger charge is -2.04. The van der Waals surface area contributed by atoms with Gasteiger partial charge in [-0.05, 0) is 30.0 Å². The molecule has 0 aliphatic rings. The van der Waals surface area contributed by atoms with Crippen LogP contribution in [0.25, 0.3) is 0 Å². The van der Waals surface area contributed by atoms with E-state index in [9.17, 15) is 4.79 Å². The second kappa shape index (κ2) is 5.63. The first-order chi connectivity index (χ1) is 8.65. The van der Waals surface area contributed by atoms with Crippen LogP contribution in [0.15, 0.2) is 36.7 Å². The van der Waals surface area contributed by atoms with Gasteiger partial charge in [-0.3, -0.25) is 9.48 Å². The molecule has 2 aromatic rings. The van der Waals surface area contributed by atoms with E-state index in [1.807, 2.05) is 25.4 Å². The van der Waals surface area contributed by atoms with Crippen molar-refractivity contribution in [3.63, 3.8) is 0 Å². The molecule has 0 radical (unpaired) electrons. The molecule has 0 atom stereocenters. The Morgan fingerprint density at radius 2 is 2.11 bits per heavy atom. The summed E-state index contributed by atoms with van der Waals surface area (Å²) in [6.07, 6.45) is 5.56. The molecule has 0 saturated heterocycles. The molecule has 0 aliphatic carbocycles. The summed E-state index contributed by atoms with van der Waals surface area (Å²) >= 11 is 0. The van der Waals surface area contributed by atoms with Crippen molar-refractivity contribution < 1.29 is 4.79 Å². The van der Waals surface area contributed by atoms with Gasteiger partial charge in [0.2, 0.25) is 0 Å². The third kappa shape index (κ3) is 3.29. The van der Waals surface area contributed by atoms with Crippen LogP contribution < -0.4 is 0 Å². The topological polar surface area (TPSA) is 34.9 Å². The summed E-state index contributed by atoms with van der Waals surface area (Å²) in [4.78, 5) is 11.9. The van der Waals surface area contributed by atoms with Crippen molar-refractivity contribution in [1.82, 2.24) is 9.78 Å². The third-order valence-corrected chi connectivity index (χ3v) is 3.09. The van der Waals surface area contributed by atoms with E-state index < -0.39 is 0 Å². The second-order valence-corrected chi connectivity index (χ2v) is 4.66. The summed E-state index contributed by atoms with van der Waals surface area (Å²) < 4.78 is 1.73. The maximum Gasteiger partial charge on any atom is 0.137 e. The Balaban J connectivity index is 1.87. The Hall–Kier alpha value is -1.90. The van der Waals surface area contributed by atoms with Crippen LogP contribution in [0.4, 0.5) is 0 Å². The fourth-order valence-electron chi connectivity index (χ4n) is 2.04. The van der Waals surface area contributed by atoms with Gasteiger partial charge in [0.25, 0.3) is 0 Å². The quantitative estimate of drug-likeness (QED) is 0.807. The van der Waals surface area contributed by atoms with Crippen LogP contribution in [0.2, 0.25) is 0 Å². The molecular formula is C15H18N2O. The van der Waals surface area contributed by atoms with Gasteiger partial charge < -0.3 is 0 Å². The van der Waals surface area contributed by atoms with Crippen LogP contribution in [-0.2, 0) is 24.7 Å². The Kier molecular flexibility index (Phi) is 3.92. The molecule has 18 heavy (non-hydrogen) atoms. The molecule has 0 N–H and O–H groups in total. The summed E-state index contributed by atoms with van der Waals surface area (Å²) in [6, 6.07) is 8.22. The number of rotatable bonds is 5. The first-order valence-corrected chi connectivity index (χ1v) is 6.19. The van der Waals surface area contributed by atoms with Crippen molar-refractivity contribution in [3.05, 3.63) is 53.3 Å². The normalized spacial score (nSPS) is 10.6. The van der Waals surface area contributed by atoms with Gasteiger partial charge in [-0.1, -0.05) is 24.3 Å². The zero-order valence-corrected chi connectivity index (χ0v) is 10.9. The van der Waals surface area contributed by atoms with Gasteiger partial charge in [0.15, 0.2) is 0 Å². The number of nitrogens with zero attached hydrogens (tertiary/aromatic N) is 2. The van der Waals surface area contributed by atoms with Crippen molar-refractivity contribution in [2.24, 2.45) is 7.05 Å². The lowest BCUT2D eigenvalue weighted by molar-refractivity contribution is -0.118. The first-order valence-electron chi connectivity index (χ1n) is 6.19. The van der Waals surface area contributed by atoms with E-state index >= 15 is 0 Å². The van der Waals surface area contributed by atoms with Gasteiger partial charge in [0, 0.05) is 26.1 Å². The number of ketones is 1. The second-order valence-electron chi connectivity index (χ2n) is 4.66. The van der Waals surface area contributed by atoms with E-state index in [1.165, 1.54) is 11.1 Å². The number of carbonyl (C=O) groups is 1. The molecule has 1 aromatic heterocycles. The van der Waals surface area contributed by atoms with Gasteiger partial charge in [-0.2, -0.15) is 5.10 Å². The highest BCUT2D eigenvalue weighted by atomic mass is 16.1. The predicted molar refractivity (Wildman–Crippen MR) is 71.4 cm³/mol. The number of hydrogen-bond acceptors (Lipinski definition) is 2. The van der Waals surface area contributed by atoms with E-state index in [0.29, 0.717) is 12.8 Å². The van der Waals surface area contributed by atoms with Crippen molar-refractivity contribution >= 4 is 5.78 Å². The first kappa shape index (κ1) is 12.6. The van der Waals surface area contributed by atoms with E-state index in [0.717, 1.165) is 12.0 Å². The summed E-state index contributed by atoms with van der Waals surface area (Å²) in [6.45, 7) is 2.08. The Bertz CT molecular complexity index is 543. The maximum absolute atomic E-state index is 11.9. The third-order valence-electron chi connectivity index (χ3n) is 3.09. The molecule has 0 amide bonds. The van der Waals surface area contributed by atoms with Gasteiger partial charge in [0.1, 0.15) is 5.78 Å². The molecule has 0 saturated carbocycles. The van der Waals surface area contributed by atoms with E-state index in [4.69, 9.17) is 0 Å². The van der Waals surface area contributed by atoms with Crippen LogP contribution in [-0.4, -0.2) is 15.6 Å². The Labute approximate surface area is 107 Å². The predicted octanol–water partition coefficient (Wildman–Crippen LogP) is 2.47. The highest BCUT2D eigenvalue weighted by Gasteiger charge is 2.06. The lowest BCUT2D eigenvalue weighted by Crippen LogP contribution is -2.04. The SMILES string of the molecule is Cc1ccccc1CCC(=O)Cc1cnn(C)c1. The smallest absolute Gasteiger partial charge is 0.137 e. The minimum absolute atomic E-state index is 0.270. The average molecular weight is 242 g/mol. The molecule has 0 spiro atoms. The number of benzene rings is 1. The highest BCUT2D eigenvalue weighted by Crippen LogP contribution is 2.10. The van der Waals surface area contributed by atoms with E-state index in [2.05, 4.69) is 24.2 Å². The molecule has 1 heterocycles. The van der Waals surface area contributed by atoms with Crippen molar-refractivity contribution in [3.8, 4) is 0 Å². The lowest BCUT2D eigenvalue weighted by atomic mass is 10.0. The van der Waals surface area contributed by atoms with Gasteiger partial charge in [-0.15, -0.1) is 0 Å². The summed E-state index contributed by atoms with van der Waals surface area (Å²) in [5, 5.41) is 4.07. The number of aryl methyl sites for hydroxylation is 3. The molecule has 2 rings (SSSR count). The summed E-state index contributed by atoms with van der Waals surface area (Å²) in [7, 11) is 1.86. The molecule has 1 aromatic carbocycles. The van der Waals surface area contributed by atoms with Crippen molar-refractivity contribution in [2.45, 2.75) is 26.2 Å². The minimum atomic E-state index is 0.270. The number of hydrogen-bond donors (Lipinski definition) is 0. The standard InChI is InChI=1S/C15H18N2O/c1-12-5-3-4-6-14(12)7-8-15(18)9-13-10-16-17(2)11-13/h3-6,10-11H,7-9H2,1-2H3. The van der Waals surface area contributed by atoms with Crippen LogP contribution in [0.5, 0.6) is 0 Å². The highest BCUT2D eigenvalue weighted by molar-refractivity contribution is 5.80. The van der Waals surface area contributed by atoms with Crippen molar-refractivity contribution in [2.75, 3.05) is 0 Å². The summed E-state index contributed by atoms with van der Waals surface area (Å²) in [5.41, 5.74) is 3.51. The zero-order chi connectivity index (χ0) is 13.0. The van der Waals surface area contributed by atoms with Crippen LogP contribution in [0.3, 0.4) is 0 Å². The summed E-state index contributed by atoms with van der Waals surface area (Å²) in [5.74, 6) is 0.270. The molecule has 3 nitrogen and oxygen atoms in total. The fourth-order valence-corrected chi connectivity index (χ4v) is 2.04.